The number of likely N-dealkylation sites (tertiary alicyclic amines) is 1. The molecule has 2 N–H and O–H groups in total. The SMILES string of the molecule is C=C/C(=C\NC)c1ccc(/C(C=C)=N/N=C(\C)N2CC3CC[C@@H](C2)N3C)c(O)c1. The molecule has 2 aliphatic heterocycles. The number of hydrogen-bond donors (Lipinski definition) is 2. The van der Waals surface area contributed by atoms with Crippen LogP contribution in [0.2, 0.25) is 0 Å². The van der Waals surface area contributed by atoms with Crippen molar-refractivity contribution in [2.45, 2.75) is 31.8 Å². The lowest BCUT2D eigenvalue weighted by Gasteiger charge is -2.39. The number of phenols is 1. The van der Waals surface area contributed by atoms with Gasteiger partial charge >= 0.3 is 0 Å². The van der Waals surface area contributed by atoms with E-state index < -0.39 is 0 Å². The van der Waals surface area contributed by atoms with Gasteiger partial charge in [-0.15, -0.1) is 10.2 Å². The summed E-state index contributed by atoms with van der Waals surface area (Å²) >= 11 is 0. The lowest BCUT2D eigenvalue weighted by Crippen LogP contribution is -2.53. The van der Waals surface area contributed by atoms with Crippen molar-refractivity contribution in [2.75, 3.05) is 27.2 Å². The zero-order valence-electron chi connectivity index (χ0n) is 17.6. The Hall–Kier alpha value is -2.86. The lowest BCUT2D eigenvalue weighted by atomic mass is 10.0. The third-order valence-electron chi connectivity index (χ3n) is 5.93. The molecule has 154 valence electrons. The molecule has 2 bridgehead atoms. The maximum Gasteiger partial charge on any atom is 0.125 e. The number of piperazine rings is 1. The summed E-state index contributed by atoms with van der Waals surface area (Å²) in [6.07, 6.45) is 7.70. The summed E-state index contributed by atoms with van der Waals surface area (Å²) in [6, 6.07) is 6.66. The van der Waals surface area contributed by atoms with Crippen molar-refractivity contribution in [3.05, 3.63) is 60.8 Å². The van der Waals surface area contributed by atoms with Gasteiger partial charge in [-0.25, -0.2) is 0 Å². The summed E-state index contributed by atoms with van der Waals surface area (Å²) < 4.78 is 0. The molecule has 2 fully saturated rings. The Morgan fingerprint density at radius 3 is 2.41 bits per heavy atom. The Morgan fingerprint density at radius 2 is 1.86 bits per heavy atom. The topological polar surface area (TPSA) is 63.5 Å². The largest absolute Gasteiger partial charge is 0.507 e. The zero-order valence-corrected chi connectivity index (χ0v) is 17.6. The molecule has 1 aromatic carbocycles. The summed E-state index contributed by atoms with van der Waals surface area (Å²) in [4.78, 5) is 4.80. The molecule has 0 spiro atoms. The van der Waals surface area contributed by atoms with Crippen molar-refractivity contribution in [3.63, 3.8) is 0 Å². The van der Waals surface area contributed by atoms with E-state index in [4.69, 9.17) is 0 Å². The molecule has 29 heavy (non-hydrogen) atoms. The van der Waals surface area contributed by atoms with Gasteiger partial charge in [-0.3, -0.25) is 4.90 Å². The van der Waals surface area contributed by atoms with Gasteiger partial charge in [-0.05, 0) is 56.2 Å². The third kappa shape index (κ3) is 4.43. The minimum absolute atomic E-state index is 0.135. The quantitative estimate of drug-likeness (QED) is 0.337. The highest BCUT2D eigenvalue weighted by Crippen LogP contribution is 2.28. The van der Waals surface area contributed by atoms with Gasteiger partial charge in [0, 0.05) is 44.0 Å². The number of fused-ring (bicyclic) bond motifs is 2. The maximum absolute atomic E-state index is 10.6. The first-order chi connectivity index (χ1) is 14.0. The average Bonchev–Trinajstić information content (AvgIpc) is 2.93. The number of aromatic hydroxyl groups is 1. The van der Waals surface area contributed by atoms with E-state index in [1.807, 2.05) is 32.3 Å². The van der Waals surface area contributed by atoms with Crippen molar-refractivity contribution < 1.29 is 5.11 Å². The summed E-state index contributed by atoms with van der Waals surface area (Å²) in [5.74, 6) is 1.03. The van der Waals surface area contributed by atoms with Crippen LogP contribution in [0.4, 0.5) is 0 Å². The number of allylic oxidation sites excluding steroid dienone is 3. The molecule has 0 radical (unpaired) electrons. The molecule has 2 atom stereocenters. The Labute approximate surface area is 173 Å². The van der Waals surface area contributed by atoms with Crippen molar-refractivity contribution in [1.29, 1.82) is 0 Å². The van der Waals surface area contributed by atoms with Crippen LogP contribution in [0.3, 0.4) is 0 Å². The predicted octanol–water partition coefficient (Wildman–Crippen LogP) is 3.23. The summed E-state index contributed by atoms with van der Waals surface area (Å²) in [5, 5.41) is 22.4. The fourth-order valence-electron chi connectivity index (χ4n) is 4.12. The maximum atomic E-state index is 10.6. The number of phenolic OH excluding ortho intramolecular Hbond substituents is 1. The van der Waals surface area contributed by atoms with E-state index in [2.05, 4.69) is 45.5 Å². The van der Waals surface area contributed by atoms with Gasteiger partial charge in [-0.2, -0.15) is 0 Å². The molecule has 2 heterocycles. The molecule has 6 heteroatoms. The van der Waals surface area contributed by atoms with Crippen LogP contribution in [0, 0.1) is 0 Å². The normalized spacial score (nSPS) is 23.3. The van der Waals surface area contributed by atoms with Crippen LogP contribution in [0.25, 0.3) is 5.57 Å². The van der Waals surface area contributed by atoms with Crippen molar-refractivity contribution >= 4 is 17.1 Å². The molecule has 6 nitrogen and oxygen atoms in total. The first kappa shape index (κ1) is 20.9. The van der Waals surface area contributed by atoms with Crippen molar-refractivity contribution in [1.82, 2.24) is 15.1 Å². The van der Waals surface area contributed by atoms with Crippen LogP contribution in [-0.2, 0) is 0 Å². The number of likely N-dealkylation sites (N-methyl/N-ethyl adjacent to an activating group) is 1. The van der Waals surface area contributed by atoms with Crippen LogP contribution < -0.4 is 5.32 Å². The molecule has 0 aromatic heterocycles. The minimum Gasteiger partial charge on any atom is -0.507 e. The summed E-state index contributed by atoms with van der Waals surface area (Å²) in [6.45, 7) is 11.6. The highest BCUT2D eigenvalue weighted by atomic mass is 16.3. The van der Waals surface area contributed by atoms with Gasteiger partial charge in [0.2, 0.25) is 0 Å². The molecule has 1 aromatic rings. The second-order valence-corrected chi connectivity index (χ2v) is 7.62. The van der Waals surface area contributed by atoms with E-state index in [-0.39, 0.29) is 5.75 Å². The predicted molar refractivity (Wildman–Crippen MR) is 121 cm³/mol. The molecular weight excluding hydrogens is 362 g/mol. The number of rotatable bonds is 6. The number of benzene rings is 1. The molecule has 2 saturated heterocycles. The van der Waals surface area contributed by atoms with Crippen LogP contribution in [-0.4, -0.2) is 65.7 Å². The summed E-state index contributed by atoms with van der Waals surface area (Å²) in [7, 11) is 4.04. The minimum atomic E-state index is 0.135. The van der Waals surface area contributed by atoms with E-state index in [9.17, 15) is 5.11 Å². The van der Waals surface area contributed by atoms with E-state index in [1.54, 1.807) is 18.2 Å². The fourth-order valence-corrected chi connectivity index (χ4v) is 4.12. The highest BCUT2D eigenvalue weighted by Gasteiger charge is 2.37. The number of nitrogens with one attached hydrogen (secondary N) is 1. The molecular formula is C23H31N5O. The summed E-state index contributed by atoms with van der Waals surface area (Å²) in [5.41, 5.74) is 2.91. The molecule has 1 unspecified atom stereocenters. The Kier molecular flexibility index (Phi) is 6.54. The Balaban J connectivity index is 1.81. The van der Waals surface area contributed by atoms with Gasteiger partial charge in [-0.1, -0.05) is 25.3 Å². The van der Waals surface area contributed by atoms with Crippen LogP contribution >= 0.6 is 0 Å². The van der Waals surface area contributed by atoms with Crippen molar-refractivity contribution in [3.8, 4) is 5.75 Å². The second kappa shape index (κ2) is 9.09. The Morgan fingerprint density at radius 1 is 1.17 bits per heavy atom. The third-order valence-corrected chi connectivity index (χ3v) is 5.93. The van der Waals surface area contributed by atoms with Crippen molar-refractivity contribution in [2.24, 2.45) is 10.2 Å². The van der Waals surface area contributed by atoms with Gasteiger partial charge in [0.15, 0.2) is 0 Å². The molecule has 0 aliphatic carbocycles. The van der Waals surface area contributed by atoms with E-state index in [0.717, 1.165) is 30.1 Å². The first-order valence-corrected chi connectivity index (χ1v) is 10.0. The number of hydrogen-bond acceptors (Lipinski definition) is 5. The van der Waals surface area contributed by atoms with Gasteiger partial charge < -0.3 is 15.3 Å². The molecule has 2 aliphatic rings. The molecule has 0 amide bonds. The van der Waals surface area contributed by atoms with E-state index in [1.165, 1.54) is 12.8 Å². The number of amidine groups is 1. The van der Waals surface area contributed by atoms with Crippen LogP contribution in [0.5, 0.6) is 5.75 Å². The van der Waals surface area contributed by atoms with E-state index >= 15 is 0 Å². The first-order valence-electron chi connectivity index (χ1n) is 10.0. The average molecular weight is 394 g/mol. The zero-order chi connectivity index (χ0) is 21.0. The lowest BCUT2D eigenvalue weighted by molar-refractivity contribution is 0.133. The van der Waals surface area contributed by atoms with Gasteiger partial charge in [0.25, 0.3) is 0 Å². The standard InChI is InChI=1S/C23H31N5O/c1-6-17(13-24-4)18-8-11-21(23(29)12-18)22(7-2)26-25-16(3)28-14-19-9-10-20(15-28)27(19)5/h6-8,11-13,19-20,24,29H,1-2,9-10,14-15H2,3-5H3/b17-13+,25-16+,26-22+/t19-,20?/m0/s1. The van der Waals surface area contributed by atoms with E-state index in [0.29, 0.717) is 23.4 Å². The molecule has 0 saturated carbocycles. The van der Waals surface area contributed by atoms with Gasteiger partial charge in [0.1, 0.15) is 11.6 Å². The van der Waals surface area contributed by atoms with Crippen LogP contribution in [0.15, 0.2) is 59.9 Å². The van der Waals surface area contributed by atoms with Crippen LogP contribution in [0.1, 0.15) is 30.9 Å². The fraction of sp³-hybridized carbons (Fsp3) is 0.391. The second-order valence-electron chi connectivity index (χ2n) is 7.62. The Bertz CT molecular complexity index is 856. The number of nitrogens with zero attached hydrogens (tertiary/aromatic N) is 4. The monoisotopic (exact) mass is 393 g/mol. The molecule has 3 rings (SSSR count). The smallest absolute Gasteiger partial charge is 0.125 e. The highest BCUT2D eigenvalue weighted by molar-refractivity contribution is 6.10. The van der Waals surface area contributed by atoms with Gasteiger partial charge in [0.05, 0.1) is 5.71 Å².